The van der Waals surface area contributed by atoms with Crippen molar-refractivity contribution in [1.82, 2.24) is 10.6 Å². The summed E-state index contributed by atoms with van der Waals surface area (Å²) in [6, 6.07) is 5.06. The van der Waals surface area contributed by atoms with Gasteiger partial charge in [-0.25, -0.2) is 0 Å². The lowest BCUT2D eigenvalue weighted by atomic mass is 9.98. The van der Waals surface area contributed by atoms with Gasteiger partial charge < -0.3 is 16.4 Å². The molecular weight excluding hydrogens is 365 g/mol. The number of carbonyl (C=O) groups excluding carboxylic acids is 1. The maximum absolute atomic E-state index is 12.5. The summed E-state index contributed by atoms with van der Waals surface area (Å²) in [4.78, 5) is 12.5. The minimum atomic E-state index is -0.262. The Kier molecular flexibility index (Phi) is 10.1. The number of hydrogen-bond donors (Lipinski definition) is 4. The number of nitrogens with one attached hydrogen (secondary N) is 2. The predicted octanol–water partition coefficient (Wildman–Crippen LogP) is 2.91. The highest BCUT2D eigenvalue weighted by atomic mass is 35.5. The molecule has 24 heavy (non-hydrogen) atoms. The van der Waals surface area contributed by atoms with Gasteiger partial charge in [-0.05, 0) is 30.0 Å². The van der Waals surface area contributed by atoms with E-state index in [2.05, 4.69) is 37.1 Å². The summed E-state index contributed by atoms with van der Waals surface area (Å²) in [6.07, 6.45) is 1.56. The van der Waals surface area contributed by atoms with Gasteiger partial charge in [-0.2, -0.15) is 12.6 Å². The molecule has 2 unspecified atom stereocenters. The maximum Gasteiger partial charge on any atom is 0.237 e. The lowest BCUT2D eigenvalue weighted by Crippen LogP contribution is -2.51. The number of carbonyl (C=O) groups is 1. The predicted molar refractivity (Wildman–Crippen MR) is 106 cm³/mol. The molecule has 1 rings (SSSR count). The van der Waals surface area contributed by atoms with Gasteiger partial charge in [-0.3, -0.25) is 4.79 Å². The first-order chi connectivity index (χ1) is 11.4. The first kappa shape index (κ1) is 21.6. The topological polar surface area (TPSA) is 67.1 Å². The fourth-order valence-corrected chi connectivity index (χ4v) is 2.92. The van der Waals surface area contributed by atoms with E-state index in [0.717, 1.165) is 12.0 Å². The van der Waals surface area contributed by atoms with Gasteiger partial charge in [-0.15, -0.1) is 0 Å². The molecule has 0 spiro atoms. The molecule has 0 aliphatic heterocycles. The molecule has 1 amide bonds. The summed E-state index contributed by atoms with van der Waals surface area (Å²) in [7, 11) is 0. The molecule has 3 atom stereocenters. The monoisotopic (exact) mass is 391 g/mol. The average Bonchev–Trinajstić information content (AvgIpc) is 2.56. The highest BCUT2D eigenvalue weighted by Gasteiger charge is 2.23. The van der Waals surface area contributed by atoms with Crippen molar-refractivity contribution in [2.75, 3.05) is 18.8 Å². The molecule has 0 saturated heterocycles. The van der Waals surface area contributed by atoms with Crippen LogP contribution in [0.2, 0.25) is 10.0 Å². The van der Waals surface area contributed by atoms with Crippen molar-refractivity contribution in [3.8, 4) is 0 Å². The second kappa shape index (κ2) is 11.2. The highest BCUT2D eigenvalue weighted by molar-refractivity contribution is 7.80. The van der Waals surface area contributed by atoms with Crippen LogP contribution in [0.5, 0.6) is 0 Å². The van der Waals surface area contributed by atoms with Crippen molar-refractivity contribution < 1.29 is 4.79 Å². The molecule has 0 heterocycles. The zero-order valence-electron chi connectivity index (χ0n) is 14.2. The number of benzene rings is 1. The van der Waals surface area contributed by atoms with Crippen molar-refractivity contribution in [3.63, 3.8) is 0 Å². The Morgan fingerprint density at radius 2 is 2.08 bits per heavy atom. The van der Waals surface area contributed by atoms with E-state index in [9.17, 15) is 4.79 Å². The Morgan fingerprint density at radius 3 is 2.67 bits per heavy atom. The van der Waals surface area contributed by atoms with Crippen LogP contribution in [0.15, 0.2) is 18.2 Å². The van der Waals surface area contributed by atoms with Crippen LogP contribution in [0.1, 0.15) is 25.8 Å². The molecule has 0 saturated carbocycles. The molecule has 0 fully saturated rings. The van der Waals surface area contributed by atoms with Crippen molar-refractivity contribution in [1.29, 1.82) is 0 Å². The Morgan fingerprint density at radius 1 is 1.38 bits per heavy atom. The number of thiol groups is 1. The van der Waals surface area contributed by atoms with Crippen molar-refractivity contribution >= 4 is 41.7 Å². The Bertz CT molecular complexity index is 531. The van der Waals surface area contributed by atoms with Gasteiger partial charge in [0, 0.05) is 34.9 Å². The Hall–Kier alpha value is -0.460. The van der Waals surface area contributed by atoms with Gasteiger partial charge in [-0.1, -0.05) is 49.5 Å². The standard InChI is InChI=1S/C17H27Cl2N3OS/c1-3-11(2)16(22-9-14(20)10-24)17(23)21-7-6-12-4-5-13(18)8-15(12)19/h4-5,8,11,14,16,22,24H,3,6-7,9-10,20H2,1-2H3,(H,21,23)/t11?,14?,16-/m0/s1. The van der Waals surface area contributed by atoms with Crippen molar-refractivity contribution in [3.05, 3.63) is 33.8 Å². The number of halogens is 2. The lowest BCUT2D eigenvalue weighted by Gasteiger charge is -2.25. The molecule has 1 aromatic rings. The van der Waals surface area contributed by atoms with Gasteiger partial charge >= 0.3 is 0 Å². The Balaban J connectivity index is 2.54. The van der Waals surface area contributed by atoms with Crippen LogP contribution in [0.4, 0.5) is 0 Å². The van der Waals surface area contributed by atoms with Gasteiger partial charge in [0.25, 0.3) is 0 Å². The summed E-state index contributed by atoms with van der Waals surface area (Å²) in [5, 5.41) is 7.46. The summed E-state index contributed by atoms with van der Waals surface area (Å²) < 4.78 is 0. The average molecular weight is 392 g/mol. The molecule has 4 nitrogen and oxygen atoms in total. The second-order valence-electron chi connectivity index (χ2n) is 5.99. The molecule has 0 aromatic heterocycles. The molecule has 0 aliphatic carbocycles. The maximum atomic E-state index is 12.5. The summed E-state index contributed by atoms with van der Waals surface area (Å²) in [6.45, 7) is 5.21. The van der Waals surface area contributed by atoms with Crippen LogP contribution in [0, 0.1) is 5.92 Å². The van der Waals surface area contributed by atoms with Crippen LogP contribution >= 0.6 is 35.8 Å². The molecule has 4 N–H and O–H groups in total. The van der Waals surface area contributed by atoms with Gasteiger partial charge in [0.05, 0.1) is 6.04 Å². The van der Waals surface area contributed by atoms with Crippen LogP contribution in [-0.4, -0.2) is 36.8 Å². The van der Waals surface area contributed by atoms with E-state index < -0.39 is 0 Å². The normalized spacial score (nSPS) is 14.9. The van der Waals surface area contributed by atoms with Crippen molar-refractivity contribution in [2.45, 2.75) is 38.8 Å². The minimum absolute atomic E-state index is 0.0131. The fraction of sp³-hybridized carbons (Fsp3) is 0.588. The number of nitrogens with two attached hydrogens (primary N) is 1. The lowest BCUT2D eigenvalue weighted by molar-refractivity contribution is -0.124. The van der Waals surface area contributed by atoms with Gasteiger partial charge in [0.2, 0.25) is 5.91 Å². The van der Waals surface area contributed by atoms with Crippen LogP contribution in [0.3, 0.4) is 0 Å². The molecule has 0 aliphatic rings. The molecule has 0 bridgehead atoms. The molecular formula is C17H27Cl2N3OS. The number of hydrogen-bond acceptors (Lipinski definition) is 4. The first-order valence-electron chi connectivity index (χ1n) is 8.20. The third-order valence-corrected chi connectivity index (χ3v) is 5.09. The Labute approximate surface area is 160 Å². The SMILES string of the molecule is CCC(C)[C@H](NCC(N)CS)C(=O)NCCc1ccc(Cl)cc1Cl. The largest absolute Gasteiger partial charge is 0.354 e. The molecule has 0 radical (unpaired) electrons. The smallest absolute Gasteiger partial charge is 0.237 e. The number of amides is 1. The van der Waals surface area contributed by atoms with Crippen molar-refractivity contribution in [2.24, 2.45) is 11.7 Å². The second-order valence-corrected chi connectivity index (χ2v) is 7.20. The van der Waals surface area contributed by atoms with Crippen LogP contribution < -0.4 is 16.4 Å². The summed E-state index contributed by atoms with van der Waals surface area (Å²) in [5.41, 5.74) is 6.84. The fourth-order valence-electron chi connectivity index (χ4n) is 2.29. The van der Waals surface area contributed by atoms with Gasteiger partial charge in [0.15, 0.2) is 0 Å². The van der Waals surface area contributed by atoms with E-state index in [4.69, 9.17) is 28.9 Å². The molecule has 136 valence electrons. The quantitative estimate of drug-likeness (QED) is 0.463. The van der Waals surface area contributed by atoms with E-state index in [-0.39, 0.29) is 23.9 Å². The summed E-state index contributed by atoms with van der Waals surface area (Å²) >= 11 is 16.2. The van der Waals surface area contributed by atoms with Crippen LogP contribution in [-0.2, 0) is 11.2 Å². The number of rotatable bonds is 10. The minimum Gasteiger partial charge on any atom is -0.354 e. The molecule has 7 heteroatoms. The first-order valence-corrected chi connectivity index (χ1v) is 9.59. The summed E-state index contributed by atoms with van der Waals surface area (Å²) in [5.74, 6) is 0.786. The van der Waals surface area contributed by atoms with Crippen LogP contribution in [0.25, 0.3) is 0 Å². The zero-order chi connectivity index (χ0) is 18.1. The van der Waals surface area contributed by atoms with E-state index in [1.807, 2.05) is 6.07 Å². The van der Waals surface area contributed by atoms with E-state index in [1.165, 1.54) is 0 Å². The van der Waals surface area contributed by atoms with E-state index in [1.54, 1.807) is 12.1 Å². The molecule has 1 aromatic carbocycles. The zero-order valence-corrected chi connectivity index (χ0v) is 16.6. The highest BCUT2D eigenvalue weighted by Crippen LogP contribution is 2.21. The van der Waals surface area contributed by atoms with E-state index in [0.29, 0.717) is 35.3 Å². The van der Waals surface area contributed by atoms with Gasteiger partial charge in [0.1, 0.15) is 0 Å². The third kappa shape index (κ3) is 7.19. The van der Waals surface area contributed by atoms with E-state index >= 15 is 0 Å². The third-order valence-electron chi connectivity index (χ3n) is 4.04.